The molecule has 0 saturated carbocycles. The number of hydrogen-bond acceptors (Lipinski definition) is 3. The zero-order valence-corrected chi connectivity index (χ0v) is 9.81. The molecule has 2 rings (SSSR count). The number of halogens is 1. The van der Waals surface area contributed by atoms with E-state index in [0.717, 1.165) is 25.9 Å². The van der Waals surface area contributed by atoms with Crippen LogP contribution < -0.4 is 4.74 Å². The van der Waals surface area contributed by atoms with E-state index < -0.39 is 0 Å². The Kier molecular flexibility index (Phi) is 2.56. The molecule has 0 fully saturated rings. The second kappa shape index (κ2) is 3.71. The number of carbonyl (C=O) groups is 1. The Morgan fingerprint density at radius 1 is 1.50 bits per heavy atom. The van der Waals surface area contributed by atoms with Crippen molar-refractivity contribution in [2.24, 2.45) is 0 Å². The number of aldehydes is 1. The molecule has 0 spiro atoms. The molecule has 1 aromatic carbocycles. The average Bonchev–Trinajstić information content (AvgIpc) is 2.63. The van der Waals surface area contributed by atoms with Gasteiger partial charge in [-0.2, -0.15) is 0 Å². The summed E-state index contributed by atoms with van der Waals surface area (Å²) in [6, 6.07) is 5.60. The summed E-state index contributed by atoms with van der Waals surface area (Å²) in [4.78, 5) is 10.8. The van der Waals surface area contributed by atoms with Crippen molar-refractivity contribution in [1.82, 2.24) is 0 Å². The molecule has 0 aliphatic carbocycles. The second-order valence-corrected chi connectivity index (χ2v) is 4.64. The van der Waals surface area contributed by atoms with Crippen molar-refractivity contribution in [2.45, 2.75) is 0 Å². The summed E-state index contributed by atoms with van der Waals surface area (Å²) < 4.78 is 7.08. The fourth-order valence-corrected chi connectivity index (χ4v) is 2.83. The third-order valence-electron chi connectivity index (χ3n) is 1.97. The lowest BCUT2D eigenvalue weighted by molar-refractivity contribution is 0.112. The van der Waals surface area contributed by atoms with E-state index in [-0.39, 0.29) is 0 Å². The van der Waals surface area contributed by atoms with Crippen molar-refractivity contribution in [2.75, 3.05) is 7.11 Å². The summed E-state index contributed by atoms with van der Waals surface area (Å²) >= 11 is 4.92. The zero-order valence-electron chi connectivity index (χ0n) is 7.41. The summed E-state index contributed by atoms with van der Waals surface area (Å²) in [5.41, 5.74) is 0.705. The monoisotopic (exact) mass is 270 g/mol. The summed E-state index contributed by atoms with van der Waals surface area (Å²) in [6.45, 7) is 0. The summed E-state index contributed by atoms with van der Waals surface area (Å²) in [5.74, 6) is 0. The van der Waals surface area contributed by atoms with E-state index in [4.69, 9.17) is 4.74 Å². The lowest BCUT2D eigenvalue weighted by Gasteiger charge is -1.95. The van der Waals surface area contributed by atoms with Gasteiger partial charge in [0.05, 0.1) is 7.11 Å². The minimum atomic E-state index is 0.705. The van der Waals surface area contributed by atoms with E-state index in [1.807, 2.05) is 12.1 Å². The largest absolute Gasteiger partial charge is 0.487 e. The van der Waals surface area contributed by atoms with Crippen LogP contribution >= 0.6 is 27.3 Å². The van der Waals surface area contributed by atoms with Crippen LogP contribution in [0.5, 0.6) is 5.06 Å². The van der Waals surface area contributed by atoms with E-state index in [1.54, 1.807) is 13.2 Å². The van der Waals surface area contributed by atoms with E-state index in [0.29, 0.717) is 5.56 Å². The van der Waals surface area contributed by atoms with Crippen molar-refractivity contribution in [3.63, 3.8) is 0 Å². The first-order valence-electron chi connectivity index (χ1n) is 3.97. The first-order valence-corrected chi connectivity index (χ1v) is 5.58. The van der Waals surface area contributed by atoms with E-state index in [9.17, 15) is 4.79 Å². The number of methoxy groups -OCH3 is 1. The first-order chi connectivity index (χ1) is 6.76. The summed E-state index contributed by atoms with van der Waals surface area (Å²) in [7, 11) is 1.62. The Balaban J connectivity index is 2.81. The number of carbonyl (C=O) groups excluding carboxylic acids is 1. The van der Waals surface area contributed by atoms with Gasteiger partial charge in [-0.25, -0.2) is 0 Å². The number of thiophene rings is 1. The molecular weight excluding hydrogens is 264 g/mol. The highest BCUT2D eigenvalue weighted by molar-refractivity contribution is 9.10. The van der Waals surface area contributed by atoms with Crippen LogP contribution in [0, 0.1) is 0 Å². The number of rotatable bonds is 2. The van der Waals surface area contributed by atoms with Gasteiger partial charge >= 0.3 is 0 Å². The zero-order chi connectivity index (χ0) is 10.1. The first kappa shape index (κ1) is 9.68. The predicted octanol–water partition coefficient (Wildman–Crippen LogP) is 3.48. The molecule has 0 N–H and O–H groups in total. The average molecular weight is 271 g/mol. The maximum Gasteiger partial charge on any atom is 0.174 e. The quantitative estimate of drug-likeness (QED) is 0.781. The van der Waals surface area contributed by atoms with Gasteiger partial charge in [-0.15, -0.1) is 0 Å². The Morgan fingerprint density at radius 3 is 2.93 bits per heavy atom. The van der Waals surface area contributed by atoms with Crippen LogP contribution in [0.4, 0.5) is 0 Å². The van der Waals surface area contributed by atoms with Crippen molar-refractivity contribution >= 4 is 43.6 Å². The Morgan fingerprint density at radius 2 is 2.29 bits per heavy atom. The molecule has 0 saturated heterocycles. The van der Waals surface area contributed by atoms with Gasteiger partial charge in [-0.1, -0.05) is 27.3 Å². The fourth-order valence-electron chi connectivity index (χ4n) is 1.28. The highest BCUT2D eigenvalue weighted by Gasteiger charge is 2.08. The topological polar surface area (TPSA) is 26.3 Å². The van der Waals surface area contributed by atoms with Gasteiger partial charge in [-0.05, 0) is 12.1 Å². The van der Waals surface area contributed by atoms with Crippen LogP contribution in [-0.4, -0.2) is 13.4 Å². The molecule has 0 amide bonds. The molecule has 14 heavy (non-hydrogen) atoms. The molecule has 0 bridgehead atoms. The summed E-state index contributed by atoms with van der Waals surface area (Å²) in [6.07, 6.45) is 0.866. The standard InChI is InChI=1S/C10H7BrO2S/c1-13-9-4-7-8(11)3-2-6(5-12)10(7)14-9/h2-5H,1H3. The van der Waals surface area contributed by atoms with E-state index in [1.165, 1.54) is 11.3 Å². The van der Waals surface area contributed by atoms with Crippen LogP contribution in [0.25, 0.3) is 10.1 Å². The molecular formula is C10H7BrO2S. The normalized spacial score (nSPS) is 10.4. The smallest absolute Gasteiger partial charge is 0.174 e. The van der Waals surface area contributed by atoms with Crippen molar-refractivity contribution in [3.05, 3.63) is 28.2 Å². The van der Waals surface area contributed by atoms with Gasteiger partial charge in [0, 0.05) is 26.2 Å². The Bertz CT molecular complexity index is 490. The molecule has 2 aromatic rings. The lowest BCUT2D eigenvalue weighted by atomic mass is 10.2. The van der Waals surface area contributed by atoms with Crippen LogP contribution in [0.2, 0.25) is 0 Å². The molecule has 4 heteroatoms. The van der Waals surface area contributed by atoms with Gasteiger partial charge in [0.2, 0.25) is 0 Å². The molecule has 0 radical (unpaired) electrons. The molecule has 0 unspecified atom stereocenters. The maximum absolute atomic E-state index is 10.8. The molecule has 1 aromatic heterocycles. The third kappa shape index (κ3) is 1.44. The van der Waals surface area contributed by atoms with Gasteiger partial charge in [0.25, 0.3) is 0 Å². The Labute approximate surface area is 93.6 Å². The highest BCUT2D eigenvalue weighted by atomic mass is 79.9. The van der Waals surface area contributed by atoms with Crippen molar-refractivity contribution in [1.29, 1.82) is 0 Å². The van der Waals surface area contributed by atoms with Crippen LogP contribution in [-0.2, 0) is 0 Å². The molecule has 72 valence electrons. The Hall–Kier alpha value is -0.870. The van der Waals surface area contributed by atoms with Crippen LogP contribution in [0.15, 0.2) is 22.7 Å². The molecule has 2 nitrogen and oxygen atoms in total. The molecule has 0 atom stereocenters. The highest BCUT2D eigenvalue weighted by Crippen LogP contribution is 2.37. The number of ether oxygens (including phenoxy) is 1. The molecule has 0 aliphatic rings. The van der Waals surface area contributed by atoms with Crippen molar-refractivity contribution < 1.29 is 9.53 Å². The number of hydrogen-bond donors (Lipinski definition) is 0. The van der Waals surface area contributed by atoms with Gasteiger partial charge in [0.1, 0.15) is 0 Å². The van der Waals surface area contributed by atoms with Gasteiger partial charge in [-0.3, -0.25) is 4.79 Å². The summed E-state index contributed by atoms with van der Waals surface area (Å²) in [5, 5.41) is 1.84. The van der Waals surface area contributed by atoms with E-state index >= 15 is 0 Å². The van der Waals surface area contributed by atoms with Crippen LogP contribution in [0.1, 0.15) is 10.4 Å². The van der Waals surface area contributed by atoms with Crippen molar-refractivity contribution in [3.8, 4) is 5.06 Å². The fraction of sp³-hybridized carbons (Fsp3) is 0.100. The third-order valence-corrected chi connectivity index (χ3v) is 3.80. The number of benzene rings is 1. The SMILES string of the molecule is COc1cc2c(Br)ccc(C=O)c2s1. The minimum absolute atomic E-state index is 0.705. The van der Waals surface area contributed by atoms with Crippen LogP contribution in [0.3, 0.4) is 0 Å². The second-order valence-electron chi connectivity index (χ2n) is 2.77. The van der Waals surface area contributed by atoms with Gasteiger partial charge < -0.3 is 4.74 Å². The van der Waals surface area contributed by atoms with E-state index in [2.05, 4.69) is 15.9 Å². The predicted molar refractivity (Wildman–Crippen MR) is 61.5 cm³/mol. The number of fused-ring (bicyclic) bond motifs is 1. The van der Waals surface area contributed by atoms with Gasteiger partial charge in [0.15, 0.2) is 11.3 Å². The molecule has 0 aliphatic heterocycles. The lowest BCUT2D eigenvalue weighted by Crippen LogP contribution is -1.78. The molecule has 1 heterocycles. The maximum atomic E-state index is 10.8. The minimum Gasteiger partial charge on any atom is -0.487 e.